The zero-order valence-corrected chi connectivity index (χ0v) is 15.5. The highest BCUT2D eigenvalue weighted by Gasteiger charge is 2.13. The van der Waals surface area contributed by atoms with Crippen LogP contribution in [-0.2, 0) is 6.54 Å². The summed E-state index contributed by atoms with van der Waals surface area (Å²) in [6.45, 7) is 0.188. The molecule has 2 N–H and O–H groups in total. The molecule has 27 heavy (non-hydrogen) atoms. The van der Waals surface area contributed by atoms with Crippen molar-refractivity contribution in [1.29, 1.82) is 0 Å². The number of methoxy groups -OCH3 is 2. The maximum absolute atomic E-state index is 12.3. The van der Waals surface area contributed by atoms with E-state index in [-0.39, 0.29) is 6.54 Å². The Morgan fingerprint density at radius 3 is 2.59 bits per heavy atom. The Morgan fingerprint density at radius 1 is 1.15 bits per heavy atom. The van der Waals surface area contributed by atoms with Gasteiger partial charge >= 0.3 is 6.03 Å². The van der Waals surface area contributed by atoms with Gasteiger partial charge in [0.05, 0.1) is 31.5 Å². The summed E-state index contributed by atoms with van der Waals surface area (Å²) < 4.78 is 12.2. The van der Waals surface area contributed by atoms with Gasteiger partial charge in [0.1, 0.15) is 17.8 Å². The van der Waals surface area contributed by atoms with E-state index >= 15 is 0 Å². The molecule has 0 aliphatic heterocycles. The van der Waals surface area contributed by atoms with Crippen LogP contribution in [0.1, 0.15) is 5.82 Å². The fraction of sp³-hybridized carbons (Fsp3) is 0.167. The van der Waals surface area contributed by atoms with Crippen molar-refractivity contribution < 1.29 is 14.3 Å². The fourth-order valence-electron chi connectivity index (χ4n) is 2.47. The molecule has 0 unspecified atom stereocenters. The molecular formula is C18H18ClN5O3. The third-order valence-corrected chi connectivity index (χ3v) is 4.08. The van der Waals surface area contributed by atoms with Crippen LogP contribution in [0.2, 0.25) is 5.02 Å². The highest BCUT2D eigenvalue weighted by Crippen LogP contribution is 2.35. The summed E-state index contributed by atoms with van der Waals surface area (Å²) in [5.74, 6) is 1.44. The summed E-state index contributed by atoms with van der Waals surface area (Å²) in [6, 6.07) is 12.3. The molecule has 0 saturated carbocycles. The van der Waals surface area contributed by atoms with E-state index in [1.165, 1.54) is 14.2 Å². The minimum absolute atomic E-state index is 0.188. The number of halogens is 1. The first-order valence-electron chi connectivity index (χ1n) is 8.03. The lowest BCUT2D eigenvalue weighted by molar-refractivity contribution is 0.251. The number of rotatable bonds is 6. The van der Waals surface area contributed by atoms with E-state index in [0.717, 1.165) is 5.69 Å². The smallest absolute Gasteiger partial charge is 0.319 e. The Kier molecular flexibility index (Phi) is 5.77. The molecule has 2 aromatic carbocycles. The topological polar surface area (TPSA) is 90.3 Å². The number of hydrogen-bond acceptors (Lipinski definition) is 5. The third-order valence-electron chi connectivity index (χ3n) is 3.78. The Bertz CT molecular complexity index is 930. The molecule has 0 fully saturated rings. The lowest BCUT2D eigenvalue weighted by atomic mass is 10.2. The quantitative estimate of drug-likeness (QED) is 0.677. The number of nitrogens with zero attached hydrogens (tertiary/aromatic N) is 3. The lowest BCUT2D eigenvalue weighted by Gasteiger charge is -2.14. The number of aromatic nitrogens is 3. The van der Waals surface area contributed by atoms with Gasteiger partial charge in [0.25, 0.3) is 0 Å². The predicted molar refractivity (Wildman–Crippen MR) is 102 cm³/mol. The van der Waals surface area contributed by atoms with Crippen LogP contribution in [0.25, 0.3) is 5.69 Å². The van der Waals surface area contributed by atoms with Gasteiger partial charge in [0.15, 0.2) is 5.82 Å². The van der Waals surface area contributed by atoms with Gasteiger partial charge in [-0.1, -0.05) is 29.8 Å². The summed E-state index contributed by atoms with van der Waals surface area (Å²) in [5.41, 5.74) is 1.34. The second-order valence-corrected chi connectivity index (χ2v) is 5.85. The largest absolute Gasteiger partial charge is 0.495 e. The number of amides is 2. The fourth-order valence-corrected chi connectivity index (χ4v) is 2.70. The number of benzene rings is 2. The van der Waals surface area contributed by atoms with Gasteiger partial charge in [-0.15, -0.1) is 10.2 Å². The first kappa shape index (κ1) is 18.5. The van der Waals surface area contributed by atoms with Crippen molar-refractivity contribution >= 4 is 23.3 Å². The molecule has 0 aliphatic rings. The molecule has 0 spiro atoms. The molecule has 9 heteroatoms. The summed E-state index contributed by atoms with van der Waals surface area (Å²) in [5, 5.41) is 13.8. The van der Waals surface area contributed by atoms with Gasteiger partial charge < -0.3 is 20.1 Å². The van der Waals surface area contributed by atoms with Crippen molar-refractivity contribution in [1.82, 2.24) is 20.1 Å². The monoisotopic (exact) mass is 387 g/mol. The van der Waals surface area contributed by atoms with Crippen molar-refractivity contribution in [3.05, 3.63) is 59.6 Å². The van der Waals surface area contributed by atoms with Crippen LogP contribution in [0.15, 0.2) is 48.8 Å². The molecule has 0 saturated heterocycles. The predicted octanol–water partition coefficient (Wildman–Crippen LogP) is 3.26. The van der Waals surface area contributed by atoms with Gasteiger partial charge in [-0.25, -0.2) is 4.79 Å². The molecule has 0 bridgehead atoms. The van der Waals surface area contributed by atoms with Crippen LogP contribution in [0.5, 0.6) is 11.5 Å². The number of hydrogen-bond donors (Lipinski definition) is 2. The number of anilines is 1. The number of nitrogens with one attached hydrogen (secondary N) is 2. The Balaban J connectivity index is 1.69. The Labute approximate surface area is 161 Å². The maximum atomic E-state index is 12.3. The molecule has 3 rings (SSSR count). The summed E-state index contributed by atoms with van der Waals surface area (Å²) >= 11 is 6.07. The first-order chi connectivity index (χ1) is 13.1. The van der Waals surface area contributed by atoms with Crippen LogP contribution in [0.4, 0.5) is 10.5 Å². The summed E-state index contributed by atoms with van der Waals surface area (Å²) in [6.07, 6.45) is 1.59. The van der Waals surface area contributed by atoms with Crippen molar-refractivity contribution in [2.24, 2.45) is 0 Å². The molecule has 2 amide bonds. The van der Waals surface area contributed by atoms with E-state index in [9.17, 15) is 4.79 Å². The standard InChI is InChI=1S/C18H18ClN5O3/c1-26-15-9-14(16(27-2)8-13(15)19)22-18(25)20-10-17-23-21-11-24(17)12-6-4-3-5-7-12/h3-9,11H,10H2,1-2H3,(H2,20,22,25). The van der Waals surface area contributed by atoms with Crippen LogP contribution >= 0.6 is 11.6 Å². The van der Waals surface area contributed by atoms with E-state index < -0.39 is 6.03 Å². The molecule has 0 atom stereocenters. The molecule has 1 heterocycles. The molecular weight excluding hydrogens is 370 g/mol. The SMILES string of the molecule is COc1cc(NC(=O)NCc2nncn2-c2ccccc2)c(OC)cc1Cl. The van der Waals surface area contributed by atoms with Crippen molar-refractivity contribution in [2.45, 2.75) is 6.54 Å². The van der Waals surface area contributed by atoms with Crippen LogP contribution < -0.4 is 20.1 Å². The third kappa shape index (κ3) is 4.29. The van der Waals surface area contributed by atoms with E-state index in [2.05, 4.69) is 20.8 Å². The van der Waals surface area contributed by atoms with E-state index in [1.54, 1.807) is 23.0 Å². The van der Waals surface area contributed by atoms with Crippen LogP contribution in [-0.4, -0.2) is 35.0 Å². The van der Waals surface area contributed by atoms with Crippen molar-refractivity contribution in [2.75, 3.05) is 19.5 Å². The van der Waals surface area contributed by atoms with Crippen molar-refractivity contribution in [3.63, 3.8) is 0 Å². The molecule has 3 aromatic rings. The lowest BCUT2D eigenvalue weighted by Crippen LogP contribution is -2.29. The summed E-state index contributed by atoms with van der Waals surface area (Å²) in [7, 11) is 2.98. The van der Waals surface area contributed by atoms with Gasteiger partial charge in [0, 0.05) is 17.8 Å². The van der Waals surface area contributed by atoms with Gasteiger partial charge in [-0.2, -0.15) is 0 Å². The number of ether oxygens (including phenoxy) is 2. The first-order valence-corrected chi connectivity index (χ1v) is 8.41. The second kappa shape index (κ2) is 8.41. The second-order valence-electron chi connectivity index (χ2n) is 5.45. The number of urea groups is 1. The van der Waals surface area contributed by atoms with E-state index in [4.69, 9.17) is 21.1 Å². The summed E-state index contributed by atoms with van der Waals surface area (Å²) in [4.78, 5) is 12.3. The molecule has 0 aliphatic carbocycles. The molecule has 1 aromatic heterocycles. The maximum Gasteiger partial charge on any atom is 0.319 e. The van der Waals surface area contributed by atoms with Gasteiger partial charge in [-0.3, -0.25) is 4.57 Å². The number of para-hydroxylation sites is 1. The van der Waals surface area contributed by atoms with Crippen molar-refractivity contribution in [3.8, 4) is 17.2 Å². The minimum Gasteiger partial charge on any atom is -0.495 e. The number of carbonyl (C=O) groups excluding carboxylic acids is 1. The van der Waals surface area contributed by atoms with E-state index in [0.29, 0.717) is 28.0 Å². The molecule has 140 valence electrons. The normalized spacial score (nSPS) is 10.3. The van der Waals surface area contributed by atoms with Crippen LogP contribution in [0.3, 0.4) is 0 Å². The number of carbonyl (C=O) groups is 1. The molecule has 0 radical (unpaired) electrons. The van der Waals surface area contributed by atoms with Crippen LogP contribution in [0, 0.1) is 0 Å². The van der Waals surface area contributed by atoms with Gasteiger partial charge in [0.2, 0.25) is 0 Å². The zero-order chi connectivity index (χ0) is 19.2. The van der Waals surface area contributed by atoms with Gasteiger partial charge in [-0.05, 0) is 12.1 Å². The highest BCUT2D eigenvalue weighted by molar-refractivity contribution is 6.32. The molecule has 8 nitrogen and oxygen atoms in total. The Morgan fingerprint density at radius 2 is 1.89 bits per heavy atom. The zero-order valence-electron chi connectivity index (χ0n) is 14.8. The van der Waals surface area contributed by atoms with E-state index in [1.807, 2.05) is 30.3 Å². The highest BCUT2D eigenvalue weighted by atomic mass is 35.5. The average Bonchev–Trinajstić information content (AvgIpc) is 3.16. The minimum atomic E-state index is -0.430. The Hall–Kier alpha value is -3.26. The average molecular weight is 388 g/mol.